The zero-order valence-corrected chi connectivity index (χ0v) is 14.4. The van der Waals surface area contributed by atoms with Gasteiger partial charge in [0.1, 0.15) is 11.5 Å². The standard InChI is InChI=1S/C19H24N4O2/c24-18(16-5-3-9-20-16)23-10-4-7-19(14-23)13-22(11-12-25-15-19)17-6-1-2-8-21-17/h1-3,5-6,8-9,20H,4,7,10-15H2/t19-/m0/s1. The van der Waals surface area contributed by atoms with Gasteiger partial charge in [-0.15, -0.1) is 0 Å². The van der Waals surface area contributed by atoms with E-state index in [9.17, 15) is 4.79 Å². The number of hydrogen-bond acceptors (Lipinski definition) is 4. The molecule has 4 heterocycles. The van der Waals surface area contributed by atoms with E-state index in [1.54, 1.807) is 6.20 Å². The Bertz CT molecular complexity index is 703. The van der Waals surface area contributed by atoms with Crippen LogP contribution >= 0.6 is 0 Å². The molecule has 132 valence electrons. The van der Waals surface area contributed by atoms with Gasteiger partial charge in [0.05, 0.1) is 13.2 Å². The second kappa shape index (κ2) is 6.88. The molecule has 2 aromatic rings. The lowest BCUT2D eigenvalue weighted by Gasteiger charge is -2.43. The molecule has 1 spiro atoms. The minimum Gasteiger partial charge on any atom is -0.379 e. The van der Waals surface area contributed by atoms with Crippen LogP contribution in [0.4, 0.5) is 5.82 Å². The van der Waals surface area contributed by atoms with E-state index in [0.717, 1.165) is 44.8 Å². The summed E-state index contributed by atoms with van der Waals surface area (Å²) < 4.78 is 5.94. The molecule has 2 fully saturated rings. The highest BCUT2D eigenvalue weighted by Gasteiger charge is 2.40. The molecule has 6 heteroatoms. The van der Waals surface area contributed by atoms with Crippen LogP contribution in [0.15, 0.2) is 42.7 Å². The highest BCUT2D eigenvalue weighted by atomic mass is 16.5. The van der Waals surface area contributed by atoms with E-state index in [2.05, 4.69) is 14.9 Å². The third-order valence-corrected chi connectivity index (χ3v) is 5.19. The molecule has 1 N–H and O–H groups in total. The fraction of sp³-hybridized carbons (Fsp3) is 0.474. The van der Waals surface area contributed by atoms with Crippen LogP contribution in [0.1, 0.15) is 23.3 Å². The van der Waals surface area contributed by atoms with Crippen LogP contribution in [0.25, 0.3) is 0 Å². The fourth-order valence-electron chi connectivity index (χ4n) is 3.99. The van der Waals surface area contributed by atoms with Crippen molar-refractivity contribution in [2.45, 2.75) is 12.8 Å². The largest absolute Gasteiger partial charge is 0.379 e. The normalized spacial score (nSPS) is 24.3. The molecule has 0 aliphatic carbocycles. The number of nitrogens with zero attached hydrogens (tertiary/aromatic N) is 3. The van der Waals surface area contributed by atoms with E-state index in [4.69, 9.17) is 4.74 Å². The molecule has 2 saturated heterocycles. The molecule has 0 saturated carbocycles. The fourth-order valence-corrected chi connectivity index (χ4v) is 3.99. The lowest BCUT2D eigenvalue weighted by Crippen LogP contribution is -2.52. The Labute approximate surface area is 147 Å². The predicted octanol–water partition coefficient (Wildman–Crippen LogP) is 2.17. The van der Waals surface area contributed by atoms with E-state index >= 15 is 0 Å². The minimum absolute atomic E-state index is 0.0332. The van der Waals surface area contributed by atoms with Crippen molar-refractivity contribution in [3.05, 3.63) is 48.4 Å². The molecule has 2 aliphatic heterocycles. The zero-order valence-electron chi connectivity index (χ0n) is 14.4. The predicted molar refractivity (Wildman–Crippen MR) is 95.6 cm³/mol. The first-order chi connectivity index (χ1) is 12.3. The molecule has 4 rings (SSSR count). The maximum atomic E-state index is 12.8. The van der Waals surface area contributed by atoms with Crippen molar-refractivity contribution in [2.24, 2.45) is 5.41 Å². The average Bonchev–Trinajstić information content (AvgIpc) is 3.12. The first-order valence-electron chi connectivity index (χ1n) is 8.92. The van der Waals surface area contributed by atoms with Gasteiger partial charge >= 0.3 is 0 Å². The van der Waals surface area contributed by atoms with Crippen molar-refractivity contribution < 1.29 is 9.53 Å². The van der Waals surface area contributed by atoms with Crippen LogP contribution in [0.5, 0.6) is 0 Å². The second-order valence-corrected chi connectivity index (χ2v) is 7.08. The molecular weight excluding hydrogens is 316 g/mol. The average molecular weight is 340 g/mol. The van der Waals surface area contributed by atoms with Gasteiger partial charge in [-0.3, -0.25) is 4.79 Å². The minimum atomic E-state index is -0.0332. The van der Waals surface area contributed by atoms with Crippen molar-refractivity contribution in [3.63, 3.8) is 0 Å². The van der Waals surface area contributed by atoms with E-state index in [0.29, 0.717) is 18.9 Å². The van der Waals surface area contributed by atoms with Crippen LogP contribution in [0.2, 0.25) is 0 Å². The molecule has 0 aromatic carbocycles. The first-order valence-corrected chi connectivity index (χ1v) is 8.92. The molecular formula is C19H24N4O2. The van der Waals surface area contributed by atoms with Gasteiger partial charge in [-0.05, 0) is 37.1 Å². The summed E-state index contributed by atoms with van der Waals surface area (Å²) in [6.45, 7) is 4.65. The smallest absolute Gasteiger partial charge is 0.270 e. The van der Waals surface area contributed by atoms with Gasteiger partial charge in [0, 0.05) is 44.0 Å². The molecule has 0 unspecified atom stereocenters. The summed E-state index contributed by atoms with van der Waals surface area (Å²) >= 11 is 0. The quantitative estimate of drug-likeness (QED) is 0.910. The van der Waals surface area contributed by atoms with E-state index in [1.165, 1.54) is 0 Å². The van der Waals surface area contributed by atoms with Crippen LogP contribution in [-0.2, 0) is 4.74 Å². The number of rotatable bonds is 2. The molecule has 0 radical (unpaired) electrons. The van der Waals surface area contributed by atoms with Crippen molar-refractivity contribution in [1.82, 2.24) is 14.9 Å². The SMILES string of the molecule is O=C(c1ccc[nH]1)N1CCC[C@@]2(COCCN(c3ccccn3)C2)C1. The number of amides is 1. The van der Waals surface area contributed by atoms with E-state index in [-0.39, 0.29) is 11.3 Å². The van der Waals surface area contributed by atoms with Gasteiger partial charge in [0.2, 0.25) is 0 Å². The molecule has 6 nitrogen and oxygen atoms in total. The summed E-state index contributed by atoms with van der Waals surface area (Å²) in [6, 6.07) is 9.70. The Morgan fingerprint density at radius 2 is 2.16 bits per heavy atom. The van der Waals surface area contributed by atoms with Crippen molar-refractivity contribution in [2.75, 3.05) is 44.3 Å². The van der Waals surface area contributed by atoms with Crippen LogP contribution in [0, 0.1) is 5.41 Å². The Balaban J connectivity index is 1.53. The monoisotopic (exact) mass is 340 g/mol. The summed E-state index contributed by atoms with van der Waals surface area (Å²) in [7, 11) is 0. The van der Waals surface area contributed by atoms with E-state index < -0.39 is 0 Å². The number of ether oxygens (including phenoxy) is 1. The molecule has 2 aromatic heterocycles. The second-order valence-electron chi connectivity index (χ2n) is 7.08. The molecule has 0 bridgehead atoms. The number of likely N-dealkylation sites (tertiary alicyclic amines) is 1. The number of aromatic amines is 1. The third-order valence-electron chi connectivity index (χ3n) is 5.19. The number of carbonyl (C=O) groups is 1. The van der Waals surface area contributed by atoms with Crippen molar-refractivity contribution >= 4 is 11.7 Å². The van der Waals surface area contributed by atoms with Crippen LogP contribution < -0.4 is 4.90 Å². The van der Waals surface area contributed by atoms with Gasteiger partial charge in [0.15, 0.2) is 0 Å². The first kappa shape index (κ1) is 16.1. The Kier molecular flexibility index (Phi) is 4.44. The van der Waals surface area contributed by atoms with Crippen LogP contribution in [-0.4, -0.2) is 60.2 Å². The molecule has 1 amide bonds. The number of hydrogen-bond donors (Lipinski definition) is 1. The number of nitrogens with one attached hydrogen (secondary N) is 1. The summed E-state index contributed by atoms with van der Waals surface area (Å²) in [5.74, 6) is 1.07. The Morgan fingerprint density at radius 1 is 1.20 bits per heavy atom. The van der Waals surface area contributed by atoms with Gasteiger partial charge in [0.25, 0.3) is 5.91 Å². The molecule has 2 aliphatic rings. The van der Waals surface area contributed by atoms with Gasteiger partial charge < -0.3 is 19.5 Å². The van der Waals surface area contributed by atoms with Crippen molar-refractivity contribution in [1.29, 1.82) is 0 Å². The maximum Gasteiger partial charge on any atom is 0.270 e. The number of carbonyl (C=O) groups excluding carboxylic acids is 1. The summed E-state index contributed by atoms with van der Waals surface area (Å²) in [5, 5.41) is 0. The number of piperidine rings is 1. The third kappa shape index (κ3) is 3.39. The van der Waals surface area contributed by atoms with Crippen LogP contribution in [0.3, 0.4) is 0 Å². The molecule has 25 heavy (non-hydrogen) atoms. The number of pyridine rings is 1. The number of H-pyrrole nitrogens is 1. The highest BCUT2D eigenvalue weighted by molar-refractivity contribution is 5.92. The Morgan fingerprint density at radius 3 is 2.96 bits per heavy atom. The summed E-state index contributed by atoms with van der Waals surface area (Å²) in [6.07, 6.45) is 5.71. The maximum absolute atomic E-state index is 12.8. The highest BCUT2D eigenvalue weighted by Crippen LogP contribution is 2.34. The Hall–Kier alpha value is -2.34. The van der Waals surface area contributed by atoms with Gasteiger partial charge in [-0.1, -0.05) is 6.07 Å². The number of aromatic nitrogens is 2. The lowest BCUT2D eigenvalue weighted by atomic mass is 9.80. The molecule has 1 atom stereocenters. The summed E-state index contributed by atoms with van der Waals surface area (Å²) in [4.78, 5) is 24.6. The van der Waals surface area contributed by atoms with Gasteiger partial charge in [-0.25, -0.2) is 4.98 Å². The van der Waals surface area contributed by atoms with Gasteiger partial charge in [-0.2, -0.15) is 0 Å². The van der Waals surface area contributed by atoms with Crippen molar-refractivity contribution in [3.8, 4) is 0 Å². The lowest BCUT2D eigenvalue weighted by molar-refractivity contribution is 0.0133. The topological polar surface area (TPSA) is 61.5 Å². The zero-order chi connectivity index (χ0) is 17.1. The summed E-state index contributed by atoms with van der Waals surface area (Å²) in [5.41, 5.74) is 0.627. The number of anilines is 1. The van der Waals surface area contributed by atoms with E-state index in [1.807, 2.05) is 41.4 Å².